The van der Waals surface area contributed by atoms with Gasteiger partial charge in [-0.2, -0.15) is 0 Å². The van der Waals surface area contributed by atoms with E-state index in [1.165, 1.54) is 6.42 Å². The molecule has 1 aliphatic heterocycles. The van der Waals surface area contributed by atoms with Crippen molar-refractivity contribution < 1.29 is 9.90 Å². The van der Waals surface area contributed by atoms with Gasteiger partial charge in [0.15, 0.2) is 0 Å². The molecule has 3 rings (SSSR count). The van der Waals surface area contributed by atoms with Gasteiger partial charge in [-0.25, -0.2) is 0 Å². The Morgan fingerprint density at radius 3 is 2.70 bits per heavy atom. The zero-order valence-electron chi connectivity index (χ0n) is 12.5. The second kappa shape index (κ2) is 5.62. The van der Waals surface area contributed by atoms with Crippen LogP contribution in [0.3, 0.4) is 0 Å². The molecule has 2 saturated carbocycles. The summed E-state index contributed by atoms with van der Waals surface area (Å²) >= 11 is 0. The van der Waals surface area contributed by atoms with Crippen molar-refractivity contribution in [3.63, 3.8) is 0 Å². The molecule has 0 bridgehead atoms. The Morgan fingerprint density at radius 2 is 2.00 bits per heavy atom. The molecule has 114 valence electrons. The molecule has 0 spiro atoms. The van der Waals surface area contributed by atoms with E-state index in [1.807, 2.05) is 0 Å². The highest BCUT2D eigenvalue weighted by atomic mass is 16.4. The summed E-state index contributed by atoms with van der Waals surface area (Å²) in [6, 6.07) is 0.906. The Hall–Kier alpha value is -0.650. The summed E-state index contributed by atoms with van der Waals surface area (Å²) < 4.78 is 0. The maximum atomic E-state index is 11.7. The minimum atomic E-state index is -0.649. The number of carbonyl (C=O) groups is 1. The fourth-order valence-corrected chi connectivity index (χ4v) is 3.77. The van der Waals surface area contributed by atoms with E-state index in [4.69, 9.17) is 0 Å². The molecule has 5 nitrogen and oxygen atoms in total. The lowest BCUT2D eigenvalue weighted by Crippen LogP contribution is -2.52. The predicted octanol–water partition coefficient (Wildman–Crippen LogP) is 0.752. The third-order valence-electron chi connectivity index (χ3n) is 5.23. The van der Waals surface area contributed by atoms with Crippen LogP contribution in [-0.2, 0) is 4.79 Å². The van der Waals surface area contributed by atoms with E-state index in [2.05, 4.69) is 22.2 Å². The van der Waals surface area contributed by atoms with Crippen molar-refractivity contribution in [1.82, 2.24) is 15.1 Å². The first kappa shape index (κ1) is 14.3. The van der Waals surface area contributed by atoms with Crippen LogP contribution in [0.15, 0.2) is 0 Å². The van der Waals surface area contributed by atoms with Crippen LogP contribution >= 0.6 is 0 Å². The number of carboxylic acid groups (broad SMARTS) is 1. The largest absolute Gasteiger partial charge is 0.480 e. The molecule has 2 aliphatic carbocycles. The van der Waals surface area contributed by atoms with Crippen LogP contribution in [0, 0.1) is 0 Å². The average Bonchev–Trinajstić information content (AvgIpc) is 3.14. The minimum Gasteiger partial charge on any atom is -0.480 e. The standard InChI is InChI=1S/C15H27N3O2/c1-17-7-2-8-18(10-9-17)13-5-6-15(11-13,14(19)20)16-12-3-4-12/h12-13,16H,2-11H2,1H3,(H,19,20). The third-order valence-corrected chi connectivity index (χ3v) is 5.23. The lowest BCUT2D eigenvalue weighted by atomic mass is 9.97. The fraction of sp³-hybridized carbons (Fsp3) is 0.933. The molecular weight excluding hydrogens is 254 g/mol. The highest BCUT2D eigenvalue weighted by molar-refractivity contribution is 5.79. The van der Waals surface area contributed by atoms with E-state index in [9.17, 15) is 9.90 Å². The van der Waals surface area contributed by atoms with Crippen LogP contribution in [0.2, 0.25) is 0 Å². The van der Waals surface area contributed by atoms with Gasteiger partial charge in [-0.1, -0.05) is 0 Å². The summed E-state index contributed by atoms with van der Waals surface area (Å²) in [7, 11) is 2.17. The first-order chi connectivity index (χ1) is 9.59. The van der Waals surface area contributed by atoms with Gasteiger partial charge in [0.1, 0.15) is 5.54 Å². The molecule has 5 heteroatoms. The molecule has 2 atom stereocenters. The van der Waals surface area contributed by atoms with E-state index in [0.29, 0.717) is 12.1 Å². The maximum absolute atomic E-state index is 11.7. The topological polar surface area (TPSA) is 55.8 Å². The van der Waals surface area contributed by atoms with E-state index >= 15 is 0 Å². The van der Waals surface area contributed by atoms with E-state index in [0.717, 1.165) is 58.3 Å². The second-order valence-electron chi connectivity index (χ2n) is 6.90. The third kappa shape index (κ3) is 3.00. The summed E-state index contributed by atoms with van der Waals surface area (Å²) in [6.07, 6.45) is 6.08. The fourth-order valence-electron chi connectivity index (χ4n) is 3.77. The maximum Gasteiger partial charge on any atom is 0.323 e. The Bertz CT molecular complexity index is 372. The van der Waals surface area contributed by atoms with Gasteiger partial charge in [0.05, 0.1) is 0 Å². The van der Waals surface area contributed by atoms with E-state index < -0.39 is 11.5 Å². The molecule has 0 aromatic carbocycles. The Morgan fingerprint density at radius 1 is 1.20 bits per heavy atom. The van der Waals surface area contributed by atoms with Crippen molar-refractivity contribution in [2.45, 2.75) is 56.1 Å². The number of rotatable bonds is 4. The van der Waals surface area contributed by atoms with Crippen molar-refractivity contribution in [2.24, 2.45) is 0 Å². The molecule has 2 unspecified atom stereocenters. The Kier molecular flexibility index (Phi) is 4.02. The lowest BCUT2D eigenvalue weighted by Gasteiger charge is -2.30. The van der Waals surface area contributed by atoms with Gasteiger partial charge in [-0.15, -0.1) is 0 Å². The molecule has 0 amide bonds. The monoisotopic (exact) mass is 281 g/mol. The van der Waals surface area contributed by atoms with Gasteiger partial charge in [-0.3, -0.25) is 15.0 Å². The van der Waals surface area contributed by atoms with Crippen molar-refractivity contribution in [3.8, 4) is 0 Å². The molecule has 1 heterocycles. The Balaban J connectivity index is 1.63. The van der Waals surface area contributed by atoms with Crippen LogP contribution in [0.4, 0.5) is 0 Å². The summed E-state index contributed by atoms with van der Waals surface area (Å²) in [5.41, 5.74) is -0.649. The molecule has 0 radical (unpaired) electrons. The van der Waals surface area contributed by atoms with Crippen molar-refractivity contribution in [3.05, 3.63) is 0 Å². The first-order valence-corrected chi connectivity index (χ1v) is 8.03. The average molecular weight is 281 g/mol. The van der Waals surface area contributed by atoms with Crippen LogP contribution in [0.25, 0.3) is 0 Å². The van der Waals surface area contributed by atoms with Crippen LogP contribution in [-0.4, -0.2) is 71.7 Å². The number of nitrogens with zero attached hydrogens (tertiary/aromatic N) is 2. The zero-order valence-corrected chi connectivity index (χ0v) is 12.5. The van der Waals surface area contributed by atoms with Crippen molar-refractivity contribution in [1.29, 1.82) is 0 Å². The summed E-state index contributed by atoms with van der Waals surface area (Å²) in [5.74, 6) is -0.640. The van der Waals surface area contributed by atoms with E-state index in [1.54, 1.807) is 0 Å². The molecule has 3 aliphatic rings. The molecule has 2 N–H and O–H groups in total. The van der Waals surface area contributed by atoms with Crippen molar-refractivity contribution >= 4 is 5.97 Å². The first-order valence-electron chi connectivity index (χ1n) is 8.03. The Labute approximate surface area is 121 Å². The van der Waals surface area contributed by atoms with Gasteiger partial charge in [0, 0.05) is 25.2 Å². The van der Waals surface area contributed by atoms with E-state index in [-0.39, 0.29) is 0 Å². The molecule has 0 aromatic heterocycles. The molecule has 3 fully saturated rings. The summed E-state index contributed by atoms with van der Waals surface area (Å²) in [6.45, 7) is 4.47. The molecular formula is C15H27N3O2. The SMILES string of the molecule is CN1CCCN(C2CCC(NC3CC3)(C(=O)O)C2)CC1. The number of hydrogen-bond donors (Lipinski definition) is 2. The molecule has 20 heavy (non-hydrogen) atoms. The highest BCUT2D eigenvalue weighted by Crippen LogP contribution is 2.36. The van der Waals surface area contributed by atoms with Gasteiger partial charge in [-0.05, 0) is 58.7 Å². The minimum absolute atomic E-state index is 0.448. The second-order valence-corrected chi connectivity index (χ2v) is 6.90. The summed E-state index contributed by atoms with van der Waals surface area (Å²) in [4.78, 5) is 16.7. The van der Waals surface area contributed by atoms with Crippen LogP contribution in [0.1, 0.15) is 38.5 Å². The van der Waals surface area contributed by atoms with Gasteiger partial charge in [0.2, 0.25) is 0 Å². The van der Waals surface area contributed by atoms with Gasteiger partial charge >= 0.3 is 5.97 Å². The number of likely N-dealkylation sites (N-methyl/N-ethyl adjacent to an activating group) is 1. The number of nitrogens with one attached hydrogen (secondary N) is 1. The van der Waals surface area contributed by atoms with Crippen LogP contribution in [0.5, 0.6) is 0 Å². The normalized spacial score (nSPS) is 37.0. The number of hydrogen-bond acceptors (Lipinski definition) is 4. The van der Waals surface area contributed by atoms with Gasteiger partial charge < -0.3 is 10.0 Å². The number of carboxylic acids is 1. The molecule has 1 saturated heterocycles. The quantitative estimate of drug-likeness (QED) is 0.796. The van der Waals surface area contributed by atoms with Gasteiger partial charge in [0.25, 0.3) is 0 Å². The van der Waals surface area contributed by atoms with Crippen LogP contribution < -0.4 is 5.32 Å². The number of aliphatic carboxylic acids is 1. The molecule has 0 aromatic rings. The van der Waals surface area contributed by atoms with Crippen molar-refractivity contribution in [2.75, 3.05) is 33.2 Å². The summed E-state index contributed by atoms with van der Waals surface area (Å²) in [5, 5.41) is 13.1. The highest BCUT2D eigenvalue weighted by Gasteiger charge is 2.49. The smallest absolute Gasteiger partial charge is 0.323 e. The zero-order chi connectivity index (χ0) is 14.2. The predicted molar refractivity (Wildman–Crippen MR) is 77.9 cm³/mol. The lowest BCUT2D eigenvalue weighted by molar-refractivity contribution is -0.145.